The van der Waals surface area contributed by atoms with Crippen molar-refractivity contribution >= 4 is 23.0 Å². The zero-order valence-electron chi connectivity index (χ0n) is 19.2. The van der Waals surface area contributed by atoms with E-state index in [0.29, 0.717) is 38.5 Å². The van der Waals surface area contributed by atoms with E-state index in [1.54, 1.807) is 18.0 Å². The predicted octanol–water partition coefficient (Wildman–Crippen LogP) is -1.42. The van der Waals surface area contributed by atoms with Crippen molar-refractivity contribution in [3.8, 4) is 0 Å². The van der Waals surface area contributed by atoms with Crippen molar-refractivity contribution in [2.45, 2.75) is 32.5 Å². The molecule has 1 atom stereocenters. The molecule has 0 bridgehead atoms. The molecule has 0 spiro atoms. The molecule has 1 aliphatic heterocycles. The Bertz CT molecular complexity index is 1330. The standard InChI is InChI=1S/C20H26N8O6/c1-13(28-12-21-17-16(28)18(30)25(3)20(32)24(17)2)19(31)34-11-14-10-27(23-22-14)5-4-15(29)26-6-8-33-9-7-26/h10,12-13H,4-9,11H2,1-3H3. The summed E-state index contributed by atoms with van der Waals surface area (Å²) in [4.78, 5) is 55.4. The topological polar surface area (TPSA) is 148 Å². The highest BCUT2D eigenvalue weighted by Gasteiger charge is 2.23. The van der Waals surface area contributed by atoms with Crippen LogP contribution in [0.1, 0.15) is 25.1 Å². The molecule has 1 fully saturated rings. The molecule has 14 nitrogen and oxygen atoms in total. The maximum atomic E-state index is 12.6. The first-order valence-corrected chi connectivity index (χ1v) is 10.8. The highest BCUT2D eigenvalue weighted by atomic mass is 16.5. The first kappa shape index (κ1) is 23.4. The van der Waals surface area contributed by atoms with Crippen molar-refractivity contribution in [1.82, 2.24) is 38.6 Å². The van der Waals surface area contributed by atoms with Gasteiger partial charge in [0.1, 0.15) is 18.3 Å². The molecule has 1 unspecified atom stereocenters. The number of nitrogens with zero attached hydrogens (tertiary/aromatic N) is 8. The van der Waals surface area contributed by atoms with Crippen LogP contribution in [0.25, 0.3) is 11.2 Å². The second kappa shape index (κ2) is 9.59. The summed E-state index contributed by atoms with van der Waals surface area (Å²) in [5, 5.41) is 7.95. The lowest BCUT2D eigenvalue weighted by Gasteiger charge is -2.26. The molecule has 0 radical (unpaired) electrons. The van der Waals surface area contributed by atoms with Gasteiger partial charge < -0.3 is 18.9 Å². The molecule has 34 heavy (non-hydrogen) atoms. The van der Waals surface area contributed by atoms with Gasteiger partial charge >= 0.3 is 11.7 Å². The lowest BCUT2D eigenvalue weighted by molar-refractivity contribution is -0.148. The van der Waals surface area contributed by atoms with Gasteiger partial charge in [0, 0.05) is 33.6 Å². The first-order chi connectivity index (χ1) is 16.3. The molecule has 3 aromatic rings. The summed E-state index contributed by atoms with van der Waals surface area (Å²) in [5.41, 5.74) is -0.321. The molecule has 14 heteroatoms. The minimum atomic E-state index is -0.864. The van der Waals surface area contributed by atoms with Crippen LogP contribution in [0.3, 0.4) is 0 Å². The lowest BCUT2D eigenvalue weighted by atomic mass is 10.3. The molecule has 1 aliphatic rings. The Morgan fingerprint density at radius 3 is 2.65 bits per heavy atom. The van der Waals surface area contributed by atoms with Gasteiger partial charge in [0.25, 0.3) is 5.56 Å². The molecule has 0 aromatic carbocycles. The number of rotatable bonds is 7. The molecular formula is C20H26N8O6. The van der Waals surface area contributed by atoms with E-state index in [9.17, 15) is 19.2 Å². The predicted molar refractivity (Wildman–Crippen MR) is 117 cm³/mol. The SMILES string of the molecule is CC(C(=O)OCc1cn(CCC(=O)N2CCOCC2)nn1)n1cnc2c1c(=O)n(C)c(=O)n2C. The van der Waals surface area contributed by atoms with Gasteiger partial charge in [-0.3, -0.25) is 23.4 Å². The van der Waals surface area contributed by atoms with Crippen molar-refractivity contribution in [3.05, 3.63) is 39.1 Å². The van der Waals surface area contributed by atoms with Gasteiger partial charge in [-0.25, -0.2) is 14.6 Å². The zero-order chi connectivity index (χ0) is 24.4. The fourth-order valence-corrected chi connectivity index (χ4v) is 3.73. The number of amides is 1. The van der Waals surface area contributed by atoms with Gasteiger partial charge in [0.15, 0.2) is 11.2 Å². The van der Waals surface area contributed by atoms with Crippen LogP contribution >= 0.6 is 0 Å². The summed E-state index contributed by atoms with van der Waals surface area (Å²) < 4.78 is 15.7. The van der Waals surface area contributed by atoms with Gasteiger partial charge in [-0.2, -0.15) is 0 Å². The monoisotopic (exact) mass is 474 g/mol. The number of ether oxygens (including phenoxy) is 2. The molecule has 0 N–H and O–H groups in total. The number of aryl methyl sites for hydroxylation is 2. The maximum Gasteiger partial charge on any atom is 0.332 e. The Hall–Kier alpha value is -3.81. The van der Waals surface area contributed by atoms with E-state index in [4.69, 9.17) is 9.47 Å². The van der Waals surface area contributed by atoms with E-state index in [1.165, 1.54) is 34.2 Å². The quantitative estimate of drug-likeness (QED) is 0.376. The zero-order valence-corrected chi connectivity index (χ0v) is 19.2. The van der Waals surface area contributed by atoms with E-state index in [0.717, 1.165) is 4.57 Å². The molecule has 0 aliphatic carbocycles. The molecule has 4 rings (SSSR count). The fraction of sp³-hybridized carbons (Fsp3) is 0.550. The Kier molecular flexibility index (Phi) is 6.58. The third-order valence-electron chi connectivity index (χ3n) is 5.80. The van der Waals surface area contributed by atoms with Crippen molar-refractivity contribution in [1.29, 1.82) is 0 Å². The van der Waals surface area contributed by atoms with Gasteiger partial charge in [0.2, 0.25) is 5.91 Å². The number of aromatic nitrogens is 7. The van der Waals surface area contributed by atoms with Crippen LogP contribution in [-0.4, -0.2) is 76.8 Å². The average molecular weight is 474 g/mol. The summed E-state index contributed by atoms with van der Waals surface area (Å²) >= 11 is 0. The summed E-state index contributed by atoms with van der Waals surface area (Å²) in [6, 6.07) is -0.864. The van der Waals surface area contributed by atoms with Crippen molar-refractivity contribution in [3.63, 3.8) is 0 Å². The van der Waals surface area contributed by atoms with Crippen LogP contribution in [0.15, 0.2) is 22.1 Å². The fourth-order valence-electron chi connectivity index (χ4n) is 3.73. The minimum absolute atomic E-state index is 0.0248. The van der Waals surface area contributed by atoms with Crippen LogP contribution in [0.5, 0.6) is 0 Å². The average Bonchev–Trinajstić information content (AvgIpc) is 3.50. The molecule has 1 amide bonds. The Balaban J connectivity index is 1.36. The van der Waals surface area contributed by atoms with E-state index in [-0.39, 0.29) is 30.1 Å². The Labute approximate surface area is 193 Å². The van der Waals surface area contributed by atoms with Crippen molar-refractivity contribution in [2.24, 2.45) is 14.1 Å². The van der Waals surface area contributed by atoms with Gasteiger partial charge in [-0.05, 0) is 6.92 Å². The van der Waals surface area contributed by atoms with Crippen LogP contribution in [0.4, 0.5) is 0 Å². The summed E-state index contributed by atoms with van der Waals surface area (Å²) in [5.74, 6) is -0.580. The number of fused-ring (bicyclic) bond motifs is 1. The van der Waals surface area contributed by atoms with Crippen LogP contribution in [-0.2, 0) is 46.3 Å². The summed E-state index contributed by atoms with van der Waals surface area (Å²) in [6.45, 7) is 4.08. The number of hydrogen-bond donors (Lipinski definition) is 0. The third kappa shape index (κ3) is 4.48. The second-order valence-corrected chi connectivity index (χ2v) is 8.03. The number of hydrogen-bond acceptors (Lipinski definition) is 9. The first-order valence-electron chi connectivity index (χ1n) is 10.8. The van der Waals surface area contributed by atoms with E-state index < -0.39 is 23.3 Å². The molecule has 3 aromatic heterocycles. The third-order valence-corrected chi connectivity index (χ3v) is 5.80. The van der Waals surface area contributed by atoms with Crippen molar-refractivity contribution in [2.75, 3.05) is 26.3 Å². The Morgan fingerprint density at radius 2 is 1.91 bits per heavy atom. The van der Waals surface area contributed by atoms with Gasteiger partial charge in [-0.1, -0.05) is 5.21 Å². The van der Waals surface area contributed by atoms with Crippen molar-refractivity contribution < 1.29 is 19.1 Å². The normalized spacial score (nSPS) is 15.0. The van der Waals surface area contributed by atoms with Gasteiger partial charge in [0.05, 0.1) is 32.3 Å². The van der Waals surface area contributed by atoms with Crippen LogP contribution in [0.2, 0.25) is 0 Å². The smallest absolute Gasteiger partial charge is 0.332 e. The molecular weight excluding hydrogens is 448 g/mol. The number of carbonyl (C=O) groups is 2. The maximum absolute atomic E-state index is 12.6. The second-order valence-electron chi connectivity index (χ2n) is 8.03. The number of imidazole rings is 1. The van der Waals surface area contributed by atoms with Gasteiger partial charge in [-0.15, -0.1) is 5.10 Å². The minimum Gasteiger partial charge on any atom is -0.458 e. The van der Waals surface area contributed by atoms with E-state index in [1.807, 2.05) is 0 Å². The molecule has 1 saturated heterocycles. The molecule has 182 valence electrons. The van der Waals surface area contributed by atoms with Crippen LogP contribution in [0, 0.1) is 0 Å². The van der Waals surface area contributed by atoms with Crippen LogP contribution < -0.4 is 11.2 Å². The largest absolute Gasteiger partial charge is 0.458 e. The van der Waals surface area contributed by atoms with E-state index in [2.05, 4.69) is 15.3 Å². The highest BCUT2D eigenvalue weighted by Crippen LogP contribution is 2.15. The highest BCUT2D eigenvalue weighted by molar-refractivity contribution is 5.78. The molecule has 0 saturated carbocycles. The Morgan fingerprint density at radius 1 is 1.18 bits per heavy atom. The summed E-state index contributed by atoms with van der Waals surface area (Å²) in [6.07, 6.45) is 3.23. The number of esters is 1. The lowest BCUT2D eigenvalue weighted by Crippen LogP contribution is -2.41. The number of carbonyl (C=O) groups excluding carboxylic acids is 2. The summed E-state index contributed by atoms with van der Waals surface area (Å²) in [7, 11) is 2.87. The van der Waals surface area contributed by atoms with E-state index >= 15 is 0 Å². The number of morpholine rings is 1. The molecule has 4 heterocycles.